The molecule has 1 aromatic rings. The highest BCUT2D eigenvalue weighted by molar-refractivity contribution is 6.40. The van der Waals surface area contributed by atoms with Gasteiger partial charge in [-0.25, -0.2) is 9.18 Å². The molecule has 0 amide bonds. The Kier molecular flexibility index (Phi) is 3.72. The maximum absolute atomic E-state index is 12.9. The van der Waals surface area contributed by atoms with Crippen LogP contribution in [0, 0.1) is 17.1 Å². The molecule has 0 saturated heterocycles. The molecule has 0 aliphatic heterocycles. The van der Waals surface area contributed by atoms with Crippen LogP contribution in [-0.4, -0.2) is 18.4 Å². The predicted molar refractivity (Wildman–Crippen MR) is 52.1 cm³/mol. The molecule has 4 nitrogen and oxygen atoms in total. The zero-order valence-electron chi connectivity index (χ0n) is 8.49. The van der Waals surface area contributed by atoms with Crippen molar-refractivity contribution >= 4 is 11.8 Å². The highest BCUT2D eigenvalue weighted by Gasteiger charge is 2.18. The standard InChI is InChI=1S/C11H8FNO3/c1-2-16-11(15)10(14)7-3-4-9(12)8(5-7)6-13/h3-5H,2H2,1H3. The largest absolute Gasteiger partial charge is 0.460 e. The highest BCUT2D eigenvalue weighted by atomic mass is 19.1. The molecule has 82 valence electrons. The molecule has 0 fully saturated rings. The van der Waals surface area contributed by atoms with Gasteiger partial charge in [-0.3, -0.25) is 4.79 Å². The first-order valence-electron chi connectivity index (χ1n) is 4.51. The zero-order chi connectivity index (χ0) is 12.1. The Morgan fingerprint density at radius 2 is 2.19 bits per heavy atom. The summed E-state index contributed by atoms with van der Waals surface area (Å²) in [5, 5.41) is 8.55. The monoisotopic (exact) mass is 221 g/mol. The average molecular weight is 221 g/mol. The van der Waals surface area contributed by atoms with E-state index in [2.05, 4.69) is 4.74 Å². The molecular formula is C11H8FNO3. The number of halogens is 1. The number of benzene rings is 1. The number of ketones is 1. The van der Waals surface area contributed by atoms with Crippen LogP contribution in [0.25, 0.3) is 0 Å². The maximum atomic E-state index is 12.9. The third-order valence-corrected chi connectivity index (χ3v) is 1.81. The van der Waals surface area contributed by atoms with Crippen molar-refractivity contribution in [2.24, 2.45) is 0 Å². The van der Waals surface area contributed by atoms with E-state index in [1.807, 2.05) is 0 Å². The van der Waals surface area contributed by atoms with Crippen LogP contribution in [0.5, 0.6) is 0 Å². The maximum Gasteiger partial charge on any atom is 0.379 e. The minimum absolute atomic E-state index is 0.0589. The number of esters is 1. The van der Waals surface area contributed by atoms with Gasteiger partial charge in [0.15, 0.2) is 0 Å². The van der Waals surface area contributed by atoms with Crippen molar-refractivity contribution in [3.63, 3.8) is 0 Å². The number of carbonyl (C=O) groups is 2. The summed E-state index contributed by atoms with van der Waals surface area (Å²) >= 11 is 0. The minimum Gasteiger partial charge on any atom is -0.460 e. The molecular weight excluding hydrogens is 213 g/mol. The van der Waals surface area contributed by atoms with Crippen LogP contribution < -0.4 is 0 Å². The lowest BCUT2D eigenvalue weighted by Crippen LogP contribution is -2.17. The highest BCUT2D eigenvalue weighted by Crippen LogP contribution is 2.10. The van der Waals surface area contributed by atoms with E-state index in [-0.39, 0.29) is 17.7 Å². The van der Waals surface area contributed by atoms with Gasteiger partial charge in [0.25, 0.3) is 5.78 Å². The van der Waals surface area contributed by atoms with Crippen LogP contribution in [0.1, 0.15) is 22.8 Å². The molecule has 0 bridgehead atoms. The molecule has 0 N–H and O–H groups in total. The summed E-state index contributed by atoms with van der Waals surface area (Å²) in [6.45, 7) is 1.65. The van der Waals surface area contributed by atoms with Crippen LogP contribution >= 0.6 is 0 Å². The van der Waals surface area contributed by atoms with E-state index in [9.17, 15) is 14.0 Å². The van der Waals surface area contributed by atoms with Crippen molar-refractivity contribution in [1.29, 1.82) is 5.26 Å². The topological polar surface area (TPSA) is 67.2 Å². The average Bonchev–Trinajstić information content (AvgIpc) is 2.29. The van der Waals surface area contributed by atoms with Gasteiger partial charge in [-0.2, -0.15) is 5.26 Å². The van der Waals surface area contributed by atoms with Crippen LogP contribution in [0.3, 0.4) is 0 Å². The van der Waals surface area contributed by atoms with E-state index in [4.69, 9.17) is 5.26 Å². The third-order valence-electron chi connectivity index (χ3n) is 1.81. The van der Waals surface area contributed by atoms with Crippen LogP contribution in [0.2, 0.25) is 0 Å². The summed E-state index contributed by atoms with van der Waals surface area (Å²) in [7, 11) is 0. The molecule has 0 atom stereocenters. The predicted octanol–water partition coefficient (Wildman–Crippen LogP) is 1.44. The SMILES string of the molecule is CCOC(=O)C(=O)c1ccc(F)c(C#N)c1. The molecule has 0 aliphatic rings. The second-order valence-electron chi connectivity index (χ2n) is 2.86. The Morgan fingerprint density at radius 3 is 2.75 bits per heavy atom. The summed E-state index contributed by atoms with van der Waals surface area (Å²) < 4.78 is 17.4. The first-order chi connectivity index (χ1) is 7.60. The van der Waals surface area contributed by atoms with Gasteiger partial charge in [0.1, 0.15) is 11.9 Å². The van der Waals surface area contributed by atoms with Gasteiger partial charge in [-0.05, 0) is 25.1 Å². The second kappa shape index (κ2) is 5.03. The van der Waals surface area contributed by atoms with Crippen LogP contribution in [0.4, 0.5) is 4.39 Å². The van der Waals surface area contributed by atoms with Crippen molar-refractivity contribution in [3.8, 4) is 6.07 Å². The van der Waals surface area contributed by atoms with Gasteiger partial charge in [-0.15, -0.1) is 0 Å². The van der Waals surface area contributed by atoms with Crippen molar-refractivity contribution in [2.45, 2.75) is 6.92 Å². The normalized spacial score (nSPS) is 9.31. The van der Waals surface area contributed by atoms with Gasteiger partial charge in [0.2, 0.25) is 0 Å². The Morgan fingerprint density at radius 1 is 1.50 bits per heavy atom. The molecule has 0 spiro atoms. The number of carbonyl (C=O) groups excluding carboxylic acids is 2. The lowest BCUT2D eigenvalue weighted by atomic mass is 10.1. The third kappa shape index (κ3) is 2.42. The van der Waals surface area contributed by atoms with E-state index in [0.717, 1.165) is 18.2 Å². The Hall–Kier alpha value is -2.22. The molecule has 0 saturated carbocycles. The fourth-order valence-electron chi connectivity index (χ4n) is 1.07. The van der Waals surface area contributed by atoms with Gasteiger partial charge in [0.05, 0.1) is 12.2 Å². The number of nitriles is 1. The molecule has 0 unspecified atom stereocenters. The van der Waals surface area contributed by atoms with Gasteiger partial charge in [0, 0.05) is 5.56 Å². The minimum atomic E-state index is -1.02. The number of nitrogens with zero attached hydrogens (tertiary/aromatic N) is 1. The van der Waals surface area contributed by atoms with Gasteiger partial charge in [-0.1, -0.05) is 0 Å². The van der Waals surface area contributed by atoms with Gasteiger partial charge >= 0.3 is 5.97 Å². The Bertz CT molecular complexity index is 477. The summed E-state index contributed by atoms with van der Waals surface area (Å²) in [6, 6.07) is 4.70. The molecule has 0 aromatic heterocycles. The number of Topliss-reactive ketones (excluding diaryl/α,β-unsaturated/α-hetero) is 1. The fraction of sp³-hybridized carbons (Fsp3) is 0.182. The molecule has 16 heavy (non-hydrogen) atoms. The quantitative estimate of drug-likeness (QED) is 0.440. The molecule has 1 rings (SSSR count). The summed E-state index contributed by atoms with van der Waals surface area (Å²) in [6.07, 6.45) is 0. The lowest BCUT2D eigenvalue weighted by Gasteiger charge is -2.01. The molecule has 1 aromatic carbocycles. The summed E-state index contributed by atoms with van der Waals surface area (Å²) in [5.41, 5.74) is -0.341. The first kappa shape index (κ1) is 11.9. The fourth-order valence-corrected chi connectivity index (χ4v) is 1.07. The van der Waals surface area contributed by atoms with E-state index < -0.39 is 17.6 Å². The van der Waals surface area contributed by atoms with E-state index in [1.54, 1.807) is 13.0 Å². The van der Waals surface area contributed by atoms with E-state index in [0.29, 0.717) is 0 Å². The van der Waals surface area contributed by atoms with Gasteiger partial charge < -0.3 is 4.74 Å². The molecule has 0 aliphatic carbocycles. The number of rotatable bonds is 3. The van der Waals surface area contributed by atoms with Crippen molar-refractivity contribution in [2.75, 3.05) is 6.61 Å². The van der Waals surface area contributed by atoms with Crippen molar-refractivity contribution in [1.82, 2.24) is 0 Å². The van der Waals surface area contributed by atoms with Crippen LogP contribution in [0.15, 0.2) is 18.2 Å². The van der Waals surface area contributed by atoms with Crippen LogP contribution in [-0.2, 0) is 9.53 Å². The summed E-state index contributed by atoms with van der Waals surface area (Å²) in [5.74, 6) is -2.64. The molecule has 0 heterocycles. The van der Waals surface area contributed by atoms with Crippen molar-refractivity contribution in [3.05, 3.63) is 35.1 Å². The first-order valence-corrected chi connectivity index (χ1v) is 4.51. The second-order valence-corrected chi connectivity index (χ2v) is 2.86. The van der Waals surface area contributed by atoms with E-state index >= 15 is 0 Å². The zero-order valence-corrected chi connectivity index (χ0v) is 8.49. The lowest BCUT2D eigenvalue weighted by molar-refractivity contribution is -0.137. The smallest absolute Gasteiger partial charge is 0.379 e. The van der Waals surface area contributed by atoms with Crippen molar-refractivity contribution < 1.29 is 18.7 Å². The number of hydrogen-bond donors (Lipinski definition) is 0. The molecule has 5 heteroatoms. The number of hydrogen-bond acceptors (Lipinski definition) is 4. The summed E-state index contributed by atoms with van der Waals surface area (Å²) in [4.78, 5) is 22.5. The number of ether oxygens (including phenoxy) is 1. The Labute approximate surface area is 91.3 Å². The molecule has 0 radical (unpaired) electrons. The van der Waals surface area contributed by atoms with E-state index in [1.165, 1.54) is 0 Å². The Balaban J connectivity index is 3.02.